The highest BCUT2D eigenvalue weighted by molar-refractivity contribution is 5.67. The van der Waals surface area contributed by atoms with Crippen LogP contribution in [-0.4, -0.2) is 48.4 Å². The molecule has 5 rings (SSSR count). The molecule has 3 aliphatic rings. The maximum Gasteiger partial charge on any atom is 0.407 e. The third-order valence-corrected chi connectivity index (χ3v) is 8.23. The predicted octanol–water partition coefficient (Wildman–Crippen LogP) is 6.16. The van der Waals surface area contributed by atoms with Gasteiger partial charge in [-0.25, -0.2) is 4.79 Å². The first kappa shape index (κ1) is 28.1. The van der Waals surface area contributed by atoms with E-state index in [-0.39, 0.29) is 12.2 Å². The number of carbonyl (C=O) groups excluding carboxylic acids is 1. The summed E-state index contributed by atoms with van der Waals surface area (Å²) in [5, 5.41) is 2.96. The second kappa shape index (κ2) is 12.8. The number of rotatable bonds is 9. The average Bonchev–Trinajstić information content (AvgIpc) is 2.96. The lowest BCUT2D eigenvalue weighted by Crippen LogP contribution is -2.53. The highest BCUT2D eigenvalue weighted by Gasteiger charge is 2.51. The second-order valence-electron chi connectivity index (χ2n) is 11.7. The van der Waals surface area contributed by atoms with Gasteiger partial charge >= 0.3 is 6.09 Å². The minimum Gasteiger partial charge on any atom is -0.446 e. The number of nitrogens with one attached hydrogen (secondary N) is 1. The predicted molar refractivity (Wildman–Crippen MR) is 146 cm³/mol. The molecule has 2 spiro atoms. The molecule has 8 heteroatoms. The molecule has 2 aromatic carbocycles. The van der Waals surface area contributed by atoms with E-state index in [9.17, 15) is 4.79 Å². The minimum atomic E-state index is -0.904. The van der Waals surface area contributed by atoms with Gasteiger partial charge in [0.05, 0.1) is 13.6 Å². The Kier molecular flexibility index (Phi) is 9.20. The van der Waals surface area contributed by atoms with Crippen LogP contribution < -0.4 is 5.32 Å². The fourth-order valence-corrected chi connectivity index (χ4v) is 6.01. The number of ether oxygens (including phenoxy) is 1. The van der Waals surface area contributed by atoms with Gasteiger partial charge in [-0.1, -0.05) is 67.1 Å². The molecule has 1 N–H and O–H groups in total. The lowest BCUT2D eigenvalue weighted by molar-refractivity contribution is -0.935. The van der Waals surface area contributed by atoms with Crippen molar-refractivity contribution in [2.45, 2.75) is 95.0 Å². The molecule has 0 bridgehead atoms. The minimum absolute atomic E-state index is 0.175. The largest absolute Gasteiger partial charge is 0.446 e. The zero-order valence-corrected chi connectivity index (χ0v) is 23.1. The Morgan fingerprint density at radius 3 is 1.87 bits per heavy atom. The van der Waals surface area contributed by atoms with Crippen LogP contribution >= 0.6 is 0 Å². The van der Waals surface area contributed by atoms with E-state index >= 15 is 0 Å². The van der Waals surface area contributed by atoms with Crippen LogP contribution in [0.2, 0.25) is 0 Å². The number of amides is 1. The summed E-state index contributed by atoms with van der Waals surface area (Å²) in [6.45, 7) is 3.38. The Morgan fingerprint density at radius 2 is 1.33 bits per heavy atom. The highest BCUT2D eigenvalue weighted by Crippen LogP contribution is 2.44. The summed E-state index contributed by atoms with van der Waals surface area (Å²) in [6, 6.07) is 21.2. The third-order valence-electron chi connectivity index (χ3n) is 8.23. The number of alkyl carbamates (subject to hydrolysis) is 1. The van der Waals surface area contributed by atoms with Gasteiger partial charge in [0.15, 0.2) is 0 Å². The highest BCUT2D eigenvalue weighted by atomic mass is 17.4. The standard InChI is InChI=1S/C31H42N2O6/c1-33(24-26-12-5-2-6-13-26,25-27-14-7-3-8-15-27)23-11-22-32-29(34)35-28-16-20-31(21-17-28)38-36-30(37-39-31)18-9-4-10-19-30/h2-3,5-8,12-15,28H,4,9-11,16-25H2,1H3/p+1. The second-order valence-corrected chi connectivity index (χ2v) is 11.7. The van der Waals surface area contributed by atoms with E-state index in [0.29, 0.717) is 32.2 Å². The molecule has 2 aromatic rings. The van der Waals surface area contributed by atoms with E-state index in [1.165, 1.54) is 17.5 Å². The van der Waals surface area contributed by atoms with E-state index in [2.05, 4.69) is 73.0 Å². The van der Waals surface area contributed by atoms with Crippen molar-refractivity contribution in [3.05, 3.63) is 71.8 Å². The van der Waals surface area contributed by atoms with Crippen LogP contribution in [0, 0.1) is 0 Å². The lowest BCUT2D eigenvalue weighted by atomic mass is 9.91. The Hall–Kier alpha value is -2.49. The Balaban J connectivity index is 1.03. The van der Waals surface area contributed by atoms with Crippen molar-refractivity contribution >= 4 is 6.09 Å². The molecule has 3 fully saturated rings. The van der Waals surface area contributed by atoms with Crippen molar-refractivity contribution in [1.82, 2.24) is 5.32 Å². The summed E-state index contributed by atoms with van der Waals surface area (Å²) >= 11 is 0. The molecule has 1 aliphatic heterocycles. The van der Waals surface area contributed by atoms with Crippen LogP contribution in [0.1, 0.15) is 75.3 Å². The molecular weight excluding hydrogens is 496 g/mol. The fourth-order valence-electron chi connectivity index (χ4n) is 6.01. The normalized spacial score (nSPS) is 21.1. The van der Waals surface area contributed by atoms with Gasteiger partial charge in [-0.3, -0.25) is 0 Å². The number of quaternary nitrogens is 1. The number of hydrogen-bond acceptors (Lipinski definition) is 6. The Labute approximate surface area is 232 Å². The molecule has 0 atom stereocenters. The smallest absolute Gasteiger partial charge is 0.407 e. The Bertz CT molecular complexity index is 982. The van der Waals surface area contributed by atoms with Gasteiger partial charge in [0.25, 0.3) is 0 Å². The van der Waals surface area contributed by atoms with Crippen molar-refractivity contribution in [2.75, 3.05) is 20.1 Å². The molecule has 1 amide bonds. The number of hydrogen-bond donors (Lipinski definition) is 1. The van der Waals surface area contributed by atoms with E-state index < -0.39 is 11.6 Å². The van der Waals surface area contributed by atoms with E-state index in [1.807, 2.05) is 0 Å². The molecular formula is C31H43N2O6+. The molecule has 39 heavy (non-hydrogen) atoms. The van der Waals surface area contributed by atoms with Gasteiger partial charge in [-0.2, -0.15) is 19.6 Å². The van der Waals surface area contributed by atoms with Gasteiger partial charge in [0.2, 0.25) is 11.6 Å². The van der Waals surface area contributed by atoms with Crippen molar-refractivity contribution in [3.63, 3.8) is 0 Å². The molecule has 8 nitrogen and oxygen atoms in total. The van der Waals surface area contributed by atoms with Crippen LogP contribution in [-0.2, 0) is 37.4 Å². The summed E-state index contributed by atoms with van der Waals surface area (Å²) in [5.74, 6) is -1.66. The van der Waals surface area contributed by atoms with Crippen molar-refractivity contribution in [2.24, 2.45) is 0 Å². The van der Waals surface area contributed by atoms with Crippen LogP contribution in [0.3, 0.4) is 0 Å². The topological polar surface area (TPSA) is 75.3 Å². The van der Waals surface area contributed by atoms with Gasteiger partial charge in [0.1, 0.15) is 19.2 Å². The molecule has 0 radical (unpaired) electrons. The van der Waals surface area contributed by atoms with Crippen molar-refractivity contribution in [1.29, 1.82) is 0 Å². The molecule has 2 saturated carbocycles. The molecule has 212 valence electrons. The fraction of sp³-hybridized carbons (Fsp3) is 0.581. The monoisotopic (exact) mass is 539 g/mol. The van der Waals surface area contributed by atoms with Crippen LogP contribution in [0.5, 0.6) is 0 Å². The quantitative estimate of drug-likeness (QED) is 0.234. The summed E-state index contributed by atoms with van der Waals surface area (Å²) in [5.41, 5.74) is 2.63. The average molecular weight is 540 g/mol. The van der Waals surface area contributed by atoms with Gasteiger partial charge in [-0.05, 0) is 25.7 Å². The first-order valence-corrected chi connectivity index (χ1v) is 14.6. The summed E-state index contributed by atoms with van der Waals surface area (Å²) < 4.78 is 6.57. The molecule has 0 aromatic heterocycles. The number of nitrogens with zero attached hydrogens (tertiary/aromatic N) is 1. The van der Waals surface area contributed by atoms with Crippen molar-refractivity contribution in [3.8, 4) is 0 Å². The summed E-state index contributed by atoms with van der Waals surface area (Å²) in [6.07, 6.45) is 7.53. The summed E-state index contributed by atoms with van der Waals surface area (Å²) in [7, 11) is 2.29. The van der Waals surface area contributed by atoms with Gasteiger partial charge in [-0.15, -0.1) is 0 Å². The summed E-state index contributed by atoms with van der Waals surface area (Å²) in [4.78, 5) is 35.5. The van der Waals surface area contributed by atoms with Crippen LogP contribution in [0.25, 0.3) is 0 Å². The first-order valence-electron chi connectivity index (χ1n) is 14.6. The first-order chi connectivity index (χ1) is 19.0. The molecule has 2 aliphatic carbocycles. The number of benzene rings is 2. The van der Waals surface area contributed by atoms with Gasteiger partial charge in [0, 0.05) is 49.8 Å². The van der Waals surface area contributed by atoms with Crippen LogP contribution in [0.15, 0.2) is 60.7 Å². The van der Waals surface area contributed by atoms with E-state index in [4.69, 9.17) is 24.3 Å². The van der Waals surface area contributed by atoms with Crippen LogP contribution in [0.4, 0.5) is 4.79 Å². The molecule has 1 saturated heterocycles. The molecule has 1 heterocycles. The maximum absolute atomic E-state index is 12.5. The third kappa shape index (κ3) is 7.80. The van der Waals surface area contributed by atoms with Crippen molar-refractivity contribution < 1.29 is 33.6 Å². The van der Waals surface area contributed by atoms with E-state index in [0.717, 1.165) is 56.2 Å². The maximum atomic E-state index is 12.5. The van der Waals surface area contributed by atoms with Gasteiger partial charge < -0.3 is 14.5 Å². The van der Waals surface area contributed by atoms with E-state index in [1.54, 1.807) is 0 Å². The zero-order chi connectivity index (χ0) is 27.0. The molecule has 0 unspecified atom stereocenters. The zero-order valence-electron chi connectivity index (χ0n) is 23.1. The SMILES string of the molecule is C[N+](CCCNC(=O)OC1CCC2(CC1)OOC1(CCCCC1)OO2)(Cc1ccccc1)Cc1ccccc1. The Morgan fingerprint density at radius 1 is 0.821 bits per heavy atom. The number of carbonyl (C=O) groups is 1. The lowest BCUT2D eigenvalue weighted by Gasteiger charge is -2.46.